The van der Waals surface area contributed by atoms with E-state index >= 15 is 0 Å². The van der Waals surface area contributed by atoms with E-state index in [-0.39, 0.29) is 13.0 Å². The average Bonchev–Trinajstić information content (AvgIpc) is 2.65. The number of nitrogens with zero attached hydrogens (tertiary/aromatic N) is 1. The van der Waals surface area contributed by atoms with Crippen LogP contribution >= 0.6 is 28.1 Å². The lowest BCUT2D eigenvalue weighted by atomic mass is 10.2. The molecule has 0 saturated carbocycles. The second-order valence-corrected chi connectivity index (χ2v) is 5.02. The van der Waals surface area contributed by atoms with Crippen LogP contribution in [0.4, 0.5) is 0 Å². The molecule has 0 spiro atoms. The minimum Gasteiger partial charge on any atom is -0.394 e. The molecule has 1 fully saturated rings. The molecule has 0 unspecified atom stereocenters. The van der Waals surface area contributed by atoms with Crippen LogP contribution in [0, 0.1) is 4.64 Å². The van der Waals surface area contributed by atoms with E-state index in [9.17, 15) is 9.90 Å². The van der Waals surface area contributed by atoms with Crippen molar-refractivity contribution >= 4 is 28.1 Å². The Morgan fingerprint density at radius 3 is 3.00 bits per heavy atom. The highest BCUT2D eigenvalue weighted by atomic mass is 79.9. The van der Waals surface area contributed by atoms with Gasteiger partial charge in [0.25, 0.3) is 0 Å². The second-order valence-electron chi connectivity index (χ2n) is 3.76. The third-order valence-corrected chi connectivity index (χ3v) is 3.80. The van der Waals surface area contributed by atoms with Gasteiger partial charge in [-0.25, -0.2) is 4.79 Å². The van der Waals surface area contributed by atoms with Crippen LogP contribution in [0.15, 0.2) is 15.5 Å². The zero-order chi connectivity index (χ0) is 12.6. The maximum Gasteiger partial charge on any atom is 0.328 e. The van der Waals surface area contributed by atoms with Gasteiger partial charge in [0.2, 0.25) is 0 Å². The Balaban J connectivity index is 2.34. The van der Waals surface area contributed by atoms with E-state index in [1.807, 2.05) is 0 Å². The smallest absolute Gasteiger partial charge is 0.328 e. The third kappa shape index (κ3) is 2.50. The summed E-state index contributed by atoms with van der Waals surface area (Å²) in [7, 11) is 0. The molecule has 1 aliphatic heterocycles. The number of aromatic amines is 1. The molecule has 1 saturated heterocycles. The fourth-order valence-electron chi connectivity index (χ4n) is 1.72. The van der Waals surface area contributed by atoms with Crippen molar-refractivity contribution in [1.29, 1.82) is 0 Å². The highest BCUT2D eigenvalue weighted by molar-refractivity contribution is 9.10. The van der Waals surface area contributed by atoms with Gasteiger partial charge >= 0.3 is 5.69 Å². The van der Waals surface area contributed by atoms with Crippen molar-refractivity contribution in [2.24, 2.45) is 0 Å². The number of H-pyrrole nitrogens is 1. The lowest BCUT2D eigenvalue weighted by Gasteiger charge is -2.14. The van der Waals surface area contributed by atoms with Gasteiger partial charge in [0.1, 0.15) is 17.0 Å². The van der Waals surface area contributed by atoms with Crippen molar-refractivity contribution < 1.29 is 14.9 Å². The van der Waals surface area contributed by atoms with Crippen LogP contribution < -0.4 is 5.69 Å². The molecule has 2 heterocycles. The van der Waals surface area contributed by atoms with E-state index in [0.29, 0.717) is 9.11 Å². The molecule has 8 heteroatoms. The van der Waals surface area contributed by atoms with Crippen LogP contribution in [0.25, 0.3) is 0 Å². The molecule has 1 aromatic rings. The van der Waals surface area contributed by atoms with Crippen molar-refractivity contribution in [3.05, 3.63) is 25.8 Å². The molecule has 0 amide bonds. The molecular formula is C9H11BrN2O4S. The third-order valence-electron chi connectivity index (χ3n) is 2.62. The Bertz CT molecular complexity index is 528. The van der Waals surface area contributed by atoms with E-state index in [0.717, 1.165) is 0 Å². The molecule has 2 rings (SSSR count). The molecular weight excluding hydrogens is 312 g/mol. The topological polar surface area (TPSA) is 87.5 Å². The van der Waals surface area contributed by atoms with Gasteiger partial charge in [-0.3, -0.25) is 9.55 Å². The molecule has 1 aromatic heterocycles. The van der Waals surface area contributed by atoms with Crippen molar-refractivity contribution in [2.45, 2.75) is 24.9 Å². The monoisotopic (exact) mass is 322 g/mol. The first kappa shape index (κ1) is 12.9. The molecule has 17 heavy (non-hydrogen) atoms. The quantitative estimate of drug-likeness (QED) is 0.682. The summed E-state index contributed by atoms with van der Waals surface area (Å²) in [5, 5.41) is 18.6. The zero-order valence-electron chi connectivity index (χ0n) is 8.67. The summed E-state index contributed by atoms with van der Waals surface area (Å²) in [5.74, 6) is 0. The van der Waals surface area contributed by atoms with Gasteiger partial charge in [0.15, 0.2) is 0 Å². The first-order valence-electron chi connectivity index (χ1n) is 4.98. The fourth-order valence-corrected chi connectivity index (χ4v) is 2.18. The lowest BCUT2D eigenvalue weighted by Crippen LogP contribution is -2.27. The molecule has 3 atom stereocenters. The SMILES string of the molecule is O=c1[nH]c(=S)c(Br)cn1[C@H]1C[C@H](O)[C@@H](CO)O1. The first-order valence-corrected chi connectivity index (χ1v) is 6.18. The van der Waals surface area contributed by atoms with Gasteiger partial charge in [0, 0.05) is 12.6 Å². The molecule has 0 aromatic carbocycles. The summed E-state index contributed by atoms with van der Waals surface area (Å²) in [6, 6.07) is 0. The fraction of sp³-hybridized carbons (Fsp3) is 0.556. The van der Waals surface area contributed by atoms with E-state index in [4.69, 9.17) is 22.1 Å². The highest BCUT2D eigenvalue weighted by Gasteiger charge is 2.34. The van der Waals surface area contributed by atoms with Crippen molar-refractivity contribution in [3.63, 3.8) is 0 Å². The average molecular weight is 323 g/mol. The van der Waals surface area contributed by atoms with E-state index in [1.165, 1.54) is 10.8 Å². The van der Waals surface area contributed by atoms with Crippen LogP contribution in [0.5, 0.6) is 0 Å². The number of rotatable bonds is 2. The van der Waals surface area contributed by atoms with Crippen LogP contribution in [0.3, 0.4) is 0 Å². The van der Waals surface area contributed by atoms with Gasteiger partial charge in [-0.1, -0.05) is 12.2 Å². The summed E-state index contributed by atoms with van der Waals surface area (Å²) >= 11 is 8.11. The van der Waals surface area contributed by atoms with Gasteiger partial charge in [-0.2, -0.15) is 0 Å². The number of nitrogens with one attached hydrogen (secondary N) is 1. The molecule has 3 N–H and O–H groups in total. The minimum absolute atomic E-state index is 0.252. The van der Waals surface area contributed by atoms with Crippen LogP contribution in [0.1, 0.15) is 12.6 Å². The Kier molecular flexibility index (Phi) is 3.79. The van der Waals surface area contributed by atoms with E-state index < -0.39 is 24.1 Å². The lowest BCUT2D eigenvalue weighted by molar-refractivity contribution is -0.0459. The number of aromatic nitrogens is 2. The predicted molar refractivity (Wildman–Crippen MR) is 65.2 cm³/mol. The molecule has 0 radical (unpaired) electrons. The number of hydrogen-bond acceptors (Lipinski definition) is 5. The molecule has 0 aliphatic carbocycles. The van der Waals surface area contributed by atoms with Crippen LogP contribution in [-0.2, 0) is 4.74 Å². The summed E-state index contributed by atoms with van der Waals surface area (Å²) in [5.41, 5.74) is -0.408. The number of hydrogen-bond donors (Lipinski definition) is 3. The van der Waals surface area contributed by atoms with Gasteiger partial charge in [-0.05, 0) is 15.9 Å². The Hall–Kier alpha value is -0.540. The number of aliphatic hydroxyl groups excluding tert-OH is 2. The summed E-state index contributed by atoms with van der Waals surface area (Å²) in [6.45, 7) is -0.281. The molecule has 0 bridgehead atoms. The summed E-state index contributed by atoms with van der Waals surface area (Å²) in [6.07, 6.45) is -0.272. The predicted octanol–water partition coefficient (Wildman–Crippen LogP) is 0.309. The van der Waals surface area contributed by atoms with Crippen molar-refractivity contribution in [1.82, 2.24) is 9.55 Å². The number of aliphatic hydroxyl groups is 2. The summed E-state index contributed by atoms with van der Waals surface area (Å²) < 4.78 is 7.55. The largest absolute Gasteiger partial charge is 0.394 e. The van der Waals surface area contributed by atoms with Crippen molar-refractivity contribution in [3.8, 4) is 0 Å². The second kappa shape index (κ2) is 4.99. The number of ether oxygens (including phenoxy) is 1. The maximum absolute atomic E-state index is 11.7. The Morgan fingerprint density at radius 1 is 1.71 bits per heavy atom. The zero-order valence-corrected chi connectivity index (χ0v) is 11.1. The number of halogens is 1. The highest BCUT2D eigenvalue weighted by Crippen LogP contribution is 2.27. The van der Waals surface area contributed by atoms with Gasteiger partial charge in [0.05, 0.1) is 17.2 Å². The molecule has 94 valence electrons. The minimum atomic E-state index is -0.779. The normalized spacial score (nSPS) is 28.5. The van der Waals surface area contributed by atoms with Crippen LogP contribution in [0.2, 0.25) is 0 Å². The van der Waals surface area contributed by atoms with E-state index in [2.05, 4.69) is 20.9 Å². The Morgan fingerprint density at radius 2 is 2.41 bits per heavy atom. The van der Waals surface area contributed by atoms with Crippen molar-refractivity contribution in [2.75, 3.05) is 6.61 Å². The summed E-state index contributed by atoms with van der Waals surface area (Å²) in [4.78, 5) is 14.2. The first-order chi connectivity index (χ1) is 8.02. The Labute approximate surface area is 110 Å². The maximum atomic E-state index is 11.7. The van der Waals surface area contributed by atoms with Gasteiger partial charge in [-0.15, -0.1) is 0 Å². The molecule has 1 aliphatic rings. The van der Waals surface area contributed by atoms with E-state index in [1.54, 1.807) is 0 Å². The standard InChI is InChI=1S/C9H11BrN2O4S/c10-4-2-12(9(15)11-8(4)17)7-1-5(14)6(3-13)16-7/h2,5-7,13-14H,1,3H2,(H,11,15,17)/t5-,6+,7+/m0/s1. The molecule has 6 nitrogen and oxygen atoms in total. The van der Waals surface area contributed by atoms with Gasteiger partial charge < -0.3 is 14.9 Å². The van der Waals surface area contributed by atoms with Crippen LogP contribution in [-0.4, -0.2) is 38.6 Å².